The van der Waals surface area contributed by atoms with Crippen molar-refractivity contribution in [3.05, 3.63) is 77.8 Å². The van der Waals surface area contributed by atoms with Crippen LogP contribution in [0.1, 0.15) is 103 Å². The molecule has 1 aliphatic rings. The van der Waals surface area contributed by atoms with Crippen molar-refractivity contribution in [2.75, 3.05) is 14.2 Å². The Labute approximate surface area is 249 Å². The van der Waals surface area contributed by atoms with Crippen molar-refractivity contribution in [3.8, 4) is 5.75 Å². The number of ether oxygens (including phenoxy) is 2. The molecule has 0 radical (unpaired) electrons. The summed E-state index contributed by atoms with van der Waals surface area (Å²) in [5, 5.41) is 3.68. The minimum Gasteiger partial charge on any atom is -0.461 e. The molecule has 0 spiro atoms. The Hall–Kier alpha value is -3.21. The maximum absolute atomic E-state index is 12.4. The third kappa shape index (κ3) is 12.5. The number of methoxy groups -OCH3 is 1. The van der Waals surface area contributed by atoms with E-state index in [2.05, 4.69) is 60.8 Å². The number of halogens is 1. The van der Waals surface area contributed by atoms with E-state index in [1.165, 1.54) is 32.6 Å². The Bertz CT molecular complexity index is 1150. The van der Waals surface area contributed by atoms with Gasteiger partial charge in [0, 0.05) is 40.2 Å². The van der Waals surface area contributed by atoms with Gasteiger partial charge in [-0.05, 0) is 74.4 Å². The predicted molar refractivity (Wildman–Crippen MR) is 172 cm³/mol. The zero-order valence-electron chi connectivity index (χ0n) is 26.5. The molecular weight excluding hydrogens is 515 g/mol. The monoisotopic (exact) mass is 568 g/mol. The smallest absolute Gasteiger partial charge is 0.235 e. The first-order valence-electron chi connectivity index (χ1n) is 14.5. The number of rotatable bonds is 9. The van der Waals surface area contributed by atoms with Gasteiger partial charge in [-0.3, -0.25) is 9.78 Å². The maximum atomic E-state index is 12.4. The minimum atomic E-state index is -1.27. The summed E-state index contributed by atoms with van der Waals surface area (Å²) in [6.07, 6.45) is 9.72. The van der Waals surface area contributed by atoms with Crippen LogP contribution in [0.3, 0.4) is 0 Å². The Balaban J connectivity index is 0.000000877. The fraction of sp³-hybridized carbons (Fsp3) is 0.514. The molecule has 0 aliphatic heterocycles. The number of hydrogen-bond acceptors (Lipinski definition) is 5. The summed E-state index contributed by atoms with van der Waals surface area (Å²) in [4.78, 5) is 16.8. The molecule has 2 aromatic rings. The van der Waals surface area contributed by atoms with Crippen molar-refractivity contribution in [1.29, 1.82) is 0 Å². The third-order valence-electron chi connectivity index (χ3n) is 7.04. The molecule has 1 aromatic carbocycles. The highest BCUT2D eigenvalue weighted by molar-refractivity contribution is 5.84. The van der Waals surface area contributed by atoms with Crippen LogP contribution in [0.4, 0.5) is 4.39 Å². The molecule has 1 heterocycles. The molecule has 1 N–H and O–H groups in total. The number of ketones is 1. The van der Waals surface area contributed by atoms with Gasteiger partial charge in [0.15, 0.2) is 0 Å². The molecule has 0 bridgehead atoms. The van der Waals surface area contributed by atoms with E-state index < -0.39 is 6.36 Å². The topological polar surface area (TPSA) is 60.5 Å². The molecule has 2 unspecified atom stereocenters. The zero-order chi connectivity index (χ0) is 31.0. The van der Waals surface area contributed by atoms with Gasteiger partial charge in [-0.25, -0.2) is 4.39 Å². The largest absolute Gasteiger partial charge is 0.461 e. The number of hydrogen-bond donors (Lipinski definition) is 1. The van der Waals surface area contributed by atoms with Gasteiger partial charge in [-0.2, -0.15) is 0 Å². The van der Waals surface area contributed by atoms with Gasteiger partial charge in [0.1, 0.15) is 17.2 Å². The van der Waals surface area contributed by atoms with Crippen molar-refractivity contribution in [3.63, 3.8) is 0 Å². The lowest BCUT2D eigenvalue weighted by atomic mass is 9.83. The fourth-order valence-corrected chi connectivity index (χ4v) is 5.10. The van der Waals surface area contributed by atoms with E-state index in [0.29, 0.717) is 5.75 Å². The van der Waals surface area contributed by atoms with Crippen molar-refractivity contribution < 1.29 is 20.1 Å². The van der Waals surface area contributed by atoms with Gasteiger partial charge < -0.3 is 14.8 Å². The standard InChI is InChI=1S/C23H34N2O.C10H11FO.C2H6O.H2/c1-7-20(25-23(6)12-10-8-9-11-13-23)21-14-19(17(4)15-24-21)22(16(2)3)18(5)26;1-3-9-5-4-6-10(7-9)12-8(2)11;1-3-2;/h14-16,22,25H,1,8-13H2,2-6H3;3-8H,1H2,2H3;1-2H3;1H. The second kappa shape index (κ2) is 18.3. The summed E-state index contributed by atoms with van der Waals surface area (Å²) in [6, 6.07) is 9.19. The van der Waals surface area contributed by atoms with Gasteiger partial charge >= 0.3 is 0 Å². The normalized spacial score (nSPS) is 15.4. The Kier molecular flexibility index (Phi) is 16.0. The number of benzene rings is 1. The number of aryl methyl sites for hydroxylation is 1. The third-order valence-corrected chi connectivity index (χ3v) is 7.04. The van der Waals surface area contributed by atoms with Crippen LogP contribution < -0.4 is 10.1 Å². The van der Waals surface area contributed by atoms with Crippen LogP contribution in [0.5, 0.6) is 5.75 Å². The number of Topliss-reactive ketones (excluding diaryl/α,β-unsaturated/α-hetero) is 1. The molecule has 0 saturated heterocycles. The number of pyridine rings is 1. The zero-order valence-corrected chi connectivity index (χ0v) is 26.5. The molecule has 1 fully saturated rings. The lowest BCUT2D eigenvalue weighted by molar-refractivity contribution is -0.119. The van der Waals surface area contributed by atoms with E-state index in [1.807, 2.05) is 19.2 Å². The number of nitrogens with one attached hydrogen (secondary N) is 1. The molecular formula is C35H53FN2O3. The average Bonchev–Trinajstić information content (AvgIpc) is 3.13. The summed E-state index contributed by atoms with van der Waals surface area (Å²) >= 11 is 0. The van der Waals surface area contributed by atoms with Crippen molar-refractivity contribution in [1.82, 2.24) is 10.3 Å². The molecule has 1 saturated carbocycles. The quantitative estimate of drug-likeness (QED) is 0.241. The van der Waals surface area contributed by atoms with Crippen LogP contribution in [0.25, 0.3) is 11.8 Å². The van der Waals surface area contributed by atoms with Crippen LogP contribution in [-0.4, -0.2) is 36.9 Å². The summed E-state index contributed by atoms with van der Waals surface area (Å²) in [7, 11) is 3.25. The molecule has 1 aliphatic carbocycles. The van der Waals surface area contributed by atoms with Crippen molar-refractivity contribution in [2.24, 2.45) is 5.92 Å². The number of carbonyl (C=O) groups excluding carboxylic acids is 1. The summed E-state index contributed by atoms with van der Waals surface area (Å²) in [6.45, 7) is 19.0. The van der Waals surface area contributed by atoms with E-state index in [4.69, 9.17) is 4.74 Å². The van der Waals surface area contributed by atoms with Gasteiger partial charge in [0.25, 0.3) is 0 Å². The Morgan fingerprint density at radius 2 is 1.78 bits per heavy atom. The lowest BCUT2D eigenvalue weighted by Gasteiger charge is -2.31. The van der Waals surface area contributed by atoms with Crippen molar-refractivity contribution >= 4 is 17.6 Å². The van der Waals surface area contributed by atoms with E-state index in [9.17, 15) is 9.18 Å². The van der Waals surface area contributed by atoms with Gasteiger partial charge in [-0.1, -0.05) is 70.9 Å². The number of carbonyl (C=O) groups is 1. The maximum Gasteiger partial charge on any atom is 0.235 e. The molecule has 5 nitrogen and oxygen atoms in total. The van der Waals surface area contributed by atoms with Crippen LogP contribution >= 0.6 is 0 Å². The minimum absolute atomic E-state index is 0. The van der Waals surface area contributed by atoms with E-state index in [-0.39, 0.29) is 24.6 Å². The van der Waals surface area contributed by atoms with Gasteiger partial charge in [0.2, 0.25) is 6.36 Å². The highest BCUT2D eigenvalue weighted by Crippen LogP contribution is 2.32. The predicted octanol–water partition coefficient (Wildman–Crippen LogP) is 9.08. The summed E-state index contributed by atoms with van der Waals surface area (Å²) in [5.41, 5.74) is 7.85. The summed E-state index contributed by atoms with van der Waals surface area (Å²) in [5.74, 6) is 0.886. The van der Waals surface area contributed by atoms with Crippen LogP contribution in [0.2, 0.25) is 0 Å². The van der Waals surface area contributed by atoms with Crippen LogP contribution in [0, 0.1) is 12.8 Å². The fourth-order valence-electron chi connectivity index (χ4n) is 5.10. The Morgan fingerprint density at radius 3 is 2.27 bits per heavy atom. The van der Waals surface area contributed by atoms with Gasteiger partial charge in [0.05, 0.1) is 5.69 Å². The lowest BCUT2D eigenvalue weighted by Crippen LogP contribution is -2.40. The molecule has 228 valence electrons. The molecule has 0 amide bonds. The Morgan fingerprint density at radius 1 is 1.17 bits per heavy atom. The molecule has 3 rings (SSSR count). The van der Waals surface area contributed by atoms with E-state index >= 15 is 0 Å². The molecule has 41 heavy (non-hydrogen) atoms. The van der Waals surface area contributed by atoms with Crippen LogP contribution in [0.15, 0.2) is 55.4 Å². The van der Waals surface area contributed by atoms with Crippen molar-refractivity contribution in [2.45, 2.75) is 97.9 Å². The molecule has 1 aromatic heterocycles. The first kappa shape index (κ1) is 35.8. The highest BCUT2D eigenvalue weighted by Gasteiger charge is 2.28. The average molecular weight is 569 g/mol. The molecule has 2 atom stereocenters. The highest BCUT2D eigenvalue weighted by atomic mass is 19.1. The second-order valence-corrected chi connectivity index (χ2v) is 11.3. The molecule has 6 heteroatoms. The van der Waals surface area contributed by atoms with E-state index in [0.717, 1.165) is 40.9 Å². The number of alkyl halides is 1. The second-order valence-electron chi connectivity index (χ2n) is 11.3. The summed E-state index contributed by atoms with van der Waals surface area (Å²) < 4.78 is 21.5. The van der Waals surface area contributed by atoms with E-state index in [1.54, 1.807) is 45.4 Å². The first-order chi connectivity index (χ1) is 19.4. The van der Waals surface area contributed by atoms with Crippen LogP contribution in [-0.2, 0) is 9.53 Å². The number of nitrogens with zero attached hydrogens (tertiary/aromatic N) is 1. The SMILES string of the molecule is C=C=C(NC1(C)CCCCCC1)c1cc(C(C(C)=O)C(C)C)c(C)cn1.C=Cc1cccc(OC(C)F)c1.COC.[HH]. The van der Waals surface area contributed by atoms with Gasteiger partial charge in [-0.15, -0.1) is 5.73 Å². The number of aromatic nitrogens is 1. The first-order valence-corrected chi connectivity index (χ1v) is 14.5.